The normalized spacial score (nSPS) is 22.3. The first-order chi connectivity index (χ1) is 11.0. The molecule has 2 amide bonds. The van der Waals surface area contributed by atoms with Crippen molar-refractivity contribution < 1.29 is 14.7 Å². The van der Waals surface area contributed by atoms with Crippen LogP contribution in [0.15, 0.2) is 6.20 Å². The van der Waals surface area contributed by atoms with Gasteiger partial charge in [0.05, 0.1) is 17.3 Å². The number of carboxylic acid groups (broad SMARTS) is 1. The number of nitrogens with zero attached hydrogens (tertiary/aromatic N) is 3. The molecular formula is C16H24N4O3. The van der Waals surface area contributed by atoms with Crippen molar-refractivity contribution in [3.05, 3.63) is 11.9 Å². The first kappa shape index (κ1) is 15.8. The molecular weight excluding hydrogens is 296 g/mol. The van der Waals surface area contributed by atoms with Crippen LogP contribution in [0, 0.1) is 5.92 Å². The molecule has 0 spiro atoms. The fourth-order valence-corrected chi connectivity index (χ4v) is 3.62. The smallest absolute Gasteiger partial charge is 0.321 e. The number of carboxylic acids is 1. The second kappa shape index (κ2) is 6.60. The van der Waals surface area contributed by atoms with Crippen LogP contribution in [0.4, 0.5) is 10.5 Å². The summed E-state index contributed by atoms with van der Waals surface area (Å²) in [7, 11) is 1.86. The Kier molecular flexibility index (Phi) is 4.54. The maximum atomic E-state index is 12.4. The zero-order valence-electron chi connectivity index (χ0n) is 13.5. The second-order valence-corrected chi connectivity index (χ2v) is 6.64. The van der Waals surface area contributed by atoms with Gasteiger partial charge >= 0.3 is 12.0 Å². The SMILES string of the molecule is Cn1cc(NC(=O)N2CCC(C(=O)O)C2)c(C2CCCCC2)n1. The summed E-state index contributed by atoms with van der Waals surface area (Å²) in [6.07, 6.45) is 8.28. The lowest BCUT2D eigenvalue weighted by Crippen LogP contribution is -2.34. The maximum absolute atomic E-state index is 12.4. The molecule has 1 aromatic heterocycles. The van der Waals surface area contributed by atoms with Crippen molar-refractivity contribution in [3.63, 3.8) is 0 Å². The molecule has 23 heavy (non-hydrogen) atoms. The Labute approximate surface area is 135 Å². The van der Waals surface area contributed by atoms with E-state index in [4.69, 9.17) is 5.11 Å². The Hall–Kier alpha value is -2.05. The van der Waals surface area contributed by atoms with Gasteiger partial charge in [-0.3, -0.25) is 9.48 Å². The van der Waals surface area contributed by atoms with Crippen molar-refractivity contribution in [3.8, 4) is 0 Å². The van der Waals surface area contributed by atoms with Crippen LogP contribution in [-0.4, -0.2) is 44.9 Å². The molecule has 2 heterocycles. The Morgan fingerprint density at radius 3 is 2.65 bits per heavy atom. The number of hydrogen-bond acceptors (Lipinski definition) is 3. The van der Waals surface area contributed by atoms with E-state index in [1.165, 1.54) is 19.3 Å². The number of carbonyl (C=O) groups excluding carboxylic acids is 1. The van der Waals surface area contributed by atoms with E-state index in [-0.39, 0.29) is 12.6 Å². The minimum absolute atomic E-state index is 0.223. The molecule has 2 N–H and O–H groups in total. The molecule has 1 aromatic rings. The number of aliphatic carboxylic acids is 1. The van der Waals surface area contributed by atoms with Gasteiger partial charge < -0.3 is 15.3 Å². The first-order valence-corrected chi connectivity index (χ1v) is 8.37. The van der Waals surface area contributed by atoms with Gasteiger partial charge in [-0.1, -0.05) is 19.3 Å². The van der Waals surface area contributed by atoms with Gasteiger partial charge in [0.1, 0.15) is 0 Å². The van der Waals surface area contributed by atoms with Gasteiger partial charge in [-0.15, -0.1) is 0 Å². The number of amides is 2. The van der Waals surface area contributed by atoms with Crippen molar-refractivity contribution in [1.82, 2.24) is 14.7 Å². The van der Waals surface area contributed by atoms with E-state index >= 15 is 0 Å². The molecule has 2 fully saturated rings. The maximum Gasteiger partial charge on any atom is 0.321 e. The van der Waals surface area contributed by atoms with Crippen molar-refractivity contribution in [2.24, 2.45) is 13.0 Å². The van der Waals surface area contributed by atoms with E-state index in [0.717, 1.165) is 24.2 Å². The summed E-state index contributed by atoms with van der Waals surface area (Å²) in [5.74, 6) is -0.873. The number of anilines is 1. The van der Waals surface area contributed by atoms with E-state index < -0.39 is 11.9 Å². The highest BCUT2D eigenvalue weighted by molar-refractivity contribution is 5.90. The number of aryl methyl sites for hydroxylation is 1. The predicted octanol–water partition coefficient (Wildman–Crippen LogP) is 2.41. The molecule has 1 saturated heterocycles. The Bertz CT molecular complexity index is 592. The van der Waals surface area contributed by atoms with Gasteiger partial charge in [0.15, 0.2) is 0 Å². The lowest BCUT2D eigenvalue weighted by atomic mass is 9.86. The molecule has 0 aromatic carbocycles. The topological polar surface area (TPSA) is 87.5 Å². The van der Waals surface area contributed by atoms with E-state index in [9.17, 15) is 9.59 Å². The summed E-state index contributed by atoms with van der Waals surface area (Å²) in [6, 6.07) is -0.223. The summed E-state index contributed by atoms with van der Waals surface area (Å²) >= 11 is 0. The third-order valence-corrected chi connectivity index (χ3v) is 4.92. The molecule has 7 nitrogen and oxygen atoms in total. The van der Waals surface area contributed by atoms with E-state index in [1.54, 1.807) is 9.58 Å². The van der Waals surface area contributed by atoms with E-state index in [2.05, 4.69) is 10.4 Å². The molecule has 126 valence electrons. The monoisotopic (exact) mass is 320 g/mol. The van der Waals surface area contributed by atoms with Crippen LogP contribution in [0.3, 0.4) is 0 Å². The van der Waals surface area contributed by atoms with Crippen molar-refractivity contribution in [2.45, 2.75) is 44.4 Å². The predicted molar refractivity (Wildman–Crippen MR) is 85.4 cm³/mol. The van der Waals surface area contributed by atoms with Crippen molar-refractivity contribution >= 4 is 17.7 Å². The summed E-state index contributed by atoms with van der Waals surface area (Å²) in [5.41, 5.74) is 1.73. The number of carbonyl (C=O) groups is 2. The Morgan fingerprint density at radius 1 is 1.26 bits per heavy atom. The van der Waals surface area contributed by atoms with Gasteiger partial charge in [-0.2, -0.15) is 5.10 Å². The molecule has 0 radical (unpaired) electrons. The number of aromatic nitrogens is 2. The lowest BCUT2D eigenvalue weighted by Gasteiger charge is -2.22. The molecule has 1 unspecified atom stereocenters. The van der Waals surface area contributed by atoms with Crippen molar-refractivity contribution in [1.29, 1.82) is 0 Å². The van der Waals surface area contributed by atoms with Gasteiger partial charge in [0.25, 0.3) is 0 Å². The van der Waals surface area contributed by atoms with E-state index in [1.807, 2.05) is 13.2 Å². The third-order valence-electron chi connectivity index (χ3n) is 4.92. The van der Waals surface area contributed by atoms with Gasteiger partial charge in [-0.25, -0.2) is 4.79 Å². The van der Waals surface area contributed by atoms with Crippen LogP contribution >= 0.6 is 0 Å². The average Bonchev–Trinajstić information content (AvgIpc) is 3.15. The number of nitrogens with one attached hydrogen (secondary N) is 1. The fraction of sp³-hybridized carbons (Fsp3) is 0.688. The first-order valence-electron chi connectivity index (χ1n) is 8.37. The van der Waals surface area contributed by atoms with Gasteiger partial charge in [0.2, 0.25) is 0 Å². The summed E-state index contributed by atoms with van der Waals surface area (Å²) in [5, 5.41) is 16.5. The number of rotatable bonds is 3. The van der Waals surface area contributed by atoms with Crippen LogP contribution in [0.2, 0.25) is 0 Å². The third kappa shape index (κ3) is 3.48. The molecule has 0 bridgehead atoms. The van der Waals surface area contributed by atoms with Crippen LogP contribution in [-0.2, 0) is 11.8 Å². The Morgan fingerprint density at radius 2 is 2.00 bits per heavy atom. The zero-order valence-corrected chi connectivity index (χ0v) is 13.5. The standard InChI is InChI=1S/C16H24N4O3/c1-19-10-13(14(18-19)11-5-3-2-4-6-11)17-16(23)20-8-7-12(9-20)15(21)22/h10-12H,2-9H2,1H3,(H,17,23)(H,21,22). The summed E-state index contributed by atoms with van der Waals surface area (Å²) in [4.78, 5) is 25.0. The van der Waals surface area contributed by atoms with Crippen LogP contribution in [0.25, 0.3) is 0 Å². The summed E-state index contributed by atoms with van der Waals surface area (Å²) < 4.78 is 1.74. The molecule has 1 atom stereocenters. The lowest BCUT2D eigenvalue weighted by molar-refractivity contribution is -0.141. The molecule has 1 saturated carbocycles. The van der Waals surface area contributed by atoms with Gasteiger partial charge in [0, 0.05) is 32.3 Å². The van der Waals surface area contributed by atoms with Crippen LogP contribution in [0.5, 0.6) is 0 Å². The number of likely N-dealkylation sites (tertiary alicyclic amines) is 1. The number of urea groups is 1. The van der Waals surface area contributed by atoms with E-state index in [0.29, 0.717) is 18.9 Å². The number of hydrogen-bond donors (Lipinski definition) is 2. The quantitative estimate of drug-likeness (QED) is 0.895. The summed E-state index contributed by atoms with van der Waals surface area (Å²) in [6.45, 7) is 0.766. The average molecular weight is 320 g/mol. The highest BCUT2D eigenvalue weighted by atomic mass is 16.4. The molecule has 1 aliphatic carbocycles. The van der Waals surface area contributed by atoms with Gasteiger partial charge in [-0.05, 0) is 19.3 Å². The largest absolute Gasteiger partial charge is 0.481 e. The molecule has 2 aliphatic rings. The highest BCUT2D eigenvalue weighted by Gasteiger charge is 2.31. The fourth-order valence-electron chi connectivity index (χ4n) is 3.62. The molecule has 1 aliphatic heterocycles. The molecule has 3 rings (SSSR count). The van der Waals surface area contributed by atoms with Crippen molar-refractivity contribution in [2.75, 3.05) is 18.4 Å². The second-order valence-electron chi connectivity index (χ2n) is 6.64. The minimum atomic E-state index is -0.829. The minimum Gasteiger partial charge on any atom is -0.481 e. The van der Waals surface area contributed by atoms with Crippen LogP contribution in [0.1, 0.15) is 50.1 Å². The zero-order chi connectivity index (χ0) is 16.4. The molecule has 7 heteroatoms. The highest BCUT2D eigenvalue weighted by Crippen LogP contribution is 2.35. The Balaban J connectivity index is 1.68. The van der Waals surface area contributed by atoms with Crippen LogP contribution < -0.4 is 5.32 Å².